The maximum absolute atomic E-state index is 12.3. The van der Waals surface area contributed by atoms with Crippen LogP contribution in [0, 0.1) is 0 Å². The number of ether oxygens (including phenoxy) is 3. The first-order chi connectivity index (χ1) is 12.9. The molecular formula is C19H20ClNO6. The number of carbonyl (C=O) groups is 2. The molecule has 8 heteroatoms. The molecule has 27 heavy (non-hydrogen) atoms. The highest BCUT2D eigenvalue weighted by Crippen LogP contribution is 2.31. The Bertz CT molecular complexity index is 811. The van der Waals surface area contributed by atoms with E-state index in [-0.39, 0.29) is 13.0 Å². The summed E-state index contributed by atoms with van der Waals surface area (Å²) in [5.74, 6) is -0.126. The van der Waals surface area contributed by atoms with Gasteiger partial charge in [0.1, 0.15) is 17.2 Å². The van der Waals surface area contributed by atoms with Crippen molar-refractivity contribution in [3.05, 3.63) is 53.1 Å². The lowest BCUT2D eigenvalue weighted by Gasteiger charge is -2.20. The summed E-state index contributed by atoms with van der Waals surface area (Å²) in [5.41, 5.74) is 0.525. The lowest BCUT2D eigenvalue weighted by molar-refractivity contribution is -0.137. The number of carboxylic acids is 1. The summed E-state index contributed by atoms with van der Waals surface area (Å²) in [6.45, 7) is -0.283. The minimum absolute atomic E-state index is 0.283. The topological polar surface area (TPSA) is 94.1 Å². The lowest BCUT2D eigenvalue weighted by Crippen LogP contribution is -2.34. The summed E-state index contributed by atoms with van der Waals surface area (Å²) in [7, 11) is 2.97. The molecule has 0 fully saturated rings. The molecule has 0 bridgehead atoms. The minimum atomic E-state index is -1.06. The number of hydrogen-bond acceptors (Lipinski definition) is 5. The van der Waals surface area contributed by atoms with Crippen LogP contribution in [0.3, 0.4) is 0 Å². The van der Waals surface area contributed by atoms with E-state index in [1.165, 1.54) is 14.2 Å². The molecule has 7 nitrogen and oxygen atoms in total. The van der Waals surface area contributed by atoms with Gasteiger partial charge in [0, 0.05) is 16.7 Å². The number of rotatable bonds is 9. The Hall–Kier alpha value is -2.93. The monoisotopic (exact) mass is 393 g/mol. The van der Waals surface area contributed by atoms with Crippen molar-refractivity contribution in [1.29, 1.82) is 0 Å². The van der Waals surface area contributed by atoms with Gasteiger partial charge in [0.2, 0.25) is 0 Å². The van der Waals surface area contributed by atoms with Crippen LogP contribution in [-0.2, 0) is 9.59 Å². The fraction of sp³-hybridized carbons (Fsp3) is 0.263. The third-order valence-corrected chi connectivity index (χ3v) is 3.93. The van der Waals surface area contributed by atoms with Crippen LogP contribution in [0.25, 0.3) is 0 Å². The van der Waals surface area contributed by atoms with Crippen LogP contribution in [0.2, 0.25) is 5.02 Å². The normalized spacial score (nSPS) is 11.4. The Balaban J connectivity index is 2.12. The molecule has 0 saturated carbocycles. The average molecular weight is 394 g/mol. The third-order valence-electron chi connectivity index (χ3n) is 3.70. The highest BCUT2D eigenvalue weighted by molar-refractivity contribution is 6.30. The van der Waals surface area contributed by atoms with E-state index in [1.54, 1.807) is 42.5 Å². The summed E-state index contributed by atoms with van der Waals surface area (Å²) in [6, 6.07) is 10.8. The van der Waals surface area contributed by atoms with Crippen LogP contribution in [0.15, 0.2) is 42.5 Å². The van der Waals surface area contributed by atoms with Crippen LogP contribution in [0.1, 0.15) is 18.0 Å². The van der Waals surface area contributed by atoms with E-state index in [0.717, 1.165) is 0 Å². The van der Waals surface area contributed by atoms with Gasteiger partial charge in [0.25, 0.3) is 5.91 Å². The van der Waals surface area contributed by atoms with Gasteiger partial charge in [-0.3, -0.25) is 9.59 Å². The summed E-state index contributed by atoms with van der Waals surface area (Å²) in [4.78, 5) is 23.5. The number of nitrogens with one attached hydrogen (secondary N) is 1. The van der Waals surface area contributed by atoms with Gasteiger partial charge in [-0.2, -0.15) is 0 Å². The van der Waals surface area contributed by atoms with Gasteiger partial charge in [-0.1, -0.05) is 17.7 Å². The highest BCUT2D eigenvalue weighted by Gasteiger charge is 2.22. The van der Waals surface area contributed by atoms with Gasteiger partial charge in [-0.05, 0) is 30.3 Å². The molecule has 1 amide bonds. The largest absolute Gasteiger partial charge is 0.497 e. The van der Waals surface area contributed by atoms with E-state index in [9.17, 15) is 14.7 Å². The molecule has 0 aliphatic carbocycles. The van der Waals surface area contributed by atoms with Gasteiger partial charge in [0.15, 0.2) is 6.61 Å². The summed E-state index contributed by atoms with van der Waals surface area (Å²) < 4.78 is 15.8. The summed E-state index contributed by atoms with van der Waals surface area (Å²) in [5, 5.41) is 12.3. The molecule has 0 aromatic heterocycles. The molecule has 0 radical (unpaired) electrons. The molecular weight excluding hydrogens is 374 g/mol. The molecule has 0 aliphatic heterocycles. The van der Waals surface area contributed by atoms with Gasteiger partial charge in [-0.25, -0.2) is 0 Å². The van der Waals surface area contributed by atoms with Crippen LogP contribution < -0.4 is 19.5 Å². The minimum Gasteiger partial charge on any atom is -0.497 e. The van der Waals surface area contributed by atoms with E-state index in [2.05, 4.69) is 5.32 Å². The average Bonchev–Trinajstić information content (AvgIpc) is 2.65. The molecule has 0 spiro atoms. The van der Waals surface area contributed by atoms with Crippen molar-refractivity contribution >= 4 is 23.5 Å². The van der Waals surface area contributed by atoms with E-state index in [1.807, 2.05) is 0 Å². The van der Waals surface area contributed by atoms with Crippen molar-refractivity contribution in [2.75, 3.05) is 20.8 Å². The van der Waals surface area contributed by atoms with Crippen molar-refractivity contribution in [2.24, 2.45) is 0 Å². The molecule has 144 valence electrons. The molecule has 0 heterocycles. The van der Waals surface area contributed by atoms with Crippen LogP contribution >= 0.6 is 11.6 Å². The number of halogens is 1. The third kappa shape index (κ3) is 6.07. The van der Waals surface area contributed by atoms with Crippen molar-refractivity contribution in [2.45, 2.75) is 12.5 Å². The maximum Gasteiger partial charge on any atom is 0.305 e. The number of methoxy groups -OCH3 is 2. The van der Waals surface area contributed by atoms with Gasteiger partial charge in [0.05, 0.1) is 26.7 Å². The molecule has 2 rings (SSSR count). The number of aliphatic carboxylic acids is 1. The molecule has 1 unspecified atom stereocenters. The Labute approximate surface area is 161 Å². The summed E-state index contributed by atoms with van der Waals surface area (Å²) in [6.07, 6.45) is -0.314. The molecule has 2 aromatic rings. The van der Waals surface area contributed by atoms with E-state index < -0.39 is 17.9 Å². The second-order valence-electron chi connectivity index (χ2n) is 5.57. The molecule has 0 aliphatic rings. The van der Waals surface area contributed by atoms with Crippen molar-refractivity contribution in [3.63, 3.8) is 0 Å². The second kappa shape index (κ2) is 9.68. The smallest absolute Gasteiger partial charge is 0.305 e. The van der Waals surface area contributed by atoms with Gasteiger partial charge in [-0.15, -0.1) is 0 Å². The molecule has 2 N–H and O–H groups in total. The first-order valence-corrected chi connectivity index (χ1v) is 8.42. The molecule has 1 atom stereocenters. The van der Waals surface area contributed by atoms with Crippen molar-refractivity contribution in [1.82, 2.24) is 5.32 Å². The van der Waals surface area contributed by atoms with Crippen molar-refractivity contribution in [3.8, 4) is 17.2 Å². The van der Waals surface area contributed by atoms with Crippen molar-refractivity contribution < 1.29 is 28.9 Å². The Morgan fingerprint density at radius 2 is 1.89 bits per heavy atom. The van der Waals surface area contributed by atoms with Crippen LogP contribution in [-0.4, -0.2) is 37.8 Å². The van der Waals surface area contributed by atoms with E-state index >= 15 is 0 Å². The van der Waals surface area contributed by atoms with Gasteiger partial charge >= 0.3 is 5.97 Å². The number of carboxylic acid groups (broad SMARTS) is 1. The second-order valence-corrected chi connectivity index (χ2v) is 6.01. The quantitative estimate of drug-likeness (QED) is 0.680. The van der Waals surface area contributed by atoms with Crippen LogP contribution in [0.5, 0.6) is 17.2 Å². The SMILES string of the molecule is COc1ccc(C(CC(=O)O)NC(=O)COc2cccc(Cl)c2)c(OC)c1. The maximum atomic E-state index is 12.3. The number of benzene rings is 2. The fourth-order valence-corrected chi connectivity index (χ4v) is 2.64. The number of carbonyl (C=O) groups excluding carboxylic acids is 1. The molecule has 2 aromatic carbocycles. The van der Waals surface area contributed by atoms with Gasteiger partial charge < -0.3 is 24.6 Å². The zero-order valence-corrected chi connectivity index (χ0v) is 15.7. The van der Waals surface area contributed by atoms with Crippen LogP contribution in [0.4, 0.5) is 0 Å². The molecule has 0 saturated heterocycles. The standard InChI is InChI=1S/C19H20ClNO6/c1-25-13-6-7-15(17(9-13)26-2)16(10-19(23)24)21-18(22)11-27-14-5-3-4-12(20)8-14/h3-9,16H,10-11H2,1-2H3,(H,21,22)(H,23,24). The Morgan fingerprint density at radius 1 is 1.11 bits per heavy atom. The predicted molar refractivity (Wildman–Crippen MR) is 99.6 cm³/mol. The zero-order valence-electron chi connectivity index (χ0n) is 14.9. The lowest BCUT2D eigenvalue weighted by atomic mass is 10.0. The first-order valence-electron chi connectivity index (χ1n) is 8.04. The summed E-state index contributed by atoms with van der Waals surface area (Å²) >= 11 is 5.87. The Kier molecular flexibility index (Phi) is 7.31. The number of hydrogen-bond donors (Lipinski definition) is 2. The van der Waals surface area contributed by atoms with E-state index in [0.29, 0.717) is 27.8 Å². The fourth-order valence-electron chi connectivity index (χ4n) is 2.46. The van der Waals surface area contributed by atoms with E-state index in [4.69, 9.17) is 25.8 Å². The number of amides is 1. The predicted octanol–water partition coefficient (Wildman–Crippen LogP) is 3.07. The first kappa shape index (κ1) is 20.4. The highest BCUT2D eigenvalue weighted by atomic mass is 35.5. The Morgan fingerprint density at radius 3 is 2.52 bits per heavy atom. The zero-order chi connectivity index (χ0) is 19.8.